The van der Waals surface area contributed by atoms with Crippen LogP contribution in [0.15, 0.2) is 34.9 Å². The van der Waals surface area contributed by atoms with Gasteiger partial charge in [0.2, 0.25) is 0 Å². The van der Waals surface area contributed by atoms with Crippen molar-refractivity contribution < 1.29 is 0 Å². The van der Waals surface area contributed by atoms with Crippen LogP contribution in [0.3, 0.4) is 0 Å². The molecule has 19 heavy (non-hydrogen) atoms. The Morgan fingerprint density at radius 1 is 1.42 bits per heavy atom. The monoisotopic (exact) mass is 319 g/mol. The van der Waals surface area contributed by atoms with Gasteiger partial charge in [-0.25, -0.2) is 4.98 Å². The van der Waals surface area contributed by atoms with Crippen LogP contribution in [0.4, 0.5) is 0 Å². The van der Waals surface area contributed by atoms with Crippen LogP contribution in [-0.2, 0) is 6.42 Å². The molecule has 1 saturated heterocycles. The van der Waals surface area contributed by atoms with Crippen LogP contribution in [0.5, 0.6) is 0 Å². The lowest BCUT2D eigenvalue weighted by atomic mass is 10.0. The average molecular weight is 320 g/mol. The molecule has 1 fully saturated rings. The van der Waals surface area contributed by atoms with Gasteiger partial charge >= 0.3 is 0 Å². The Kier molecular flexibility index (Phi) is 3.82. The Bertz CT molecular complexity index is 585. The highest BCUT2D eigenvalue weighted by Gasteiger charge is 2.18. The Morgan fingerprint density at radius 3 is 3.11 bits per heavy atom. The number of nitrogens with one attached hydrogen (secondary N) is 1. The standard InChI is InChI=1S/C15H18BrN3/c1-19-7-6-17-13(10-19)9-12-8-11-4-2-3-5-14(11)18-15(12)16/h2-5,8,13,17H,6-7,9-10H2,1H3. The van der Waals surface area contributed by atoms with Crippen LogP contribution in [0.25, 0.3) is 10.9 Å². The second-order valence-corrected chi connectivity index (χ2v) is 6.00. The minimum absolute atomic E-state index is 0.512. The van der Waals surface area contributed by atoms with Gasteiger partial charge in [0.05, 0.1) is 5.52 Å². The summed E-state index contributed by atoms with van der Waals surface area (Å²) >= 11 is 3.61. The van der Waals surface area contributed by atoms with Crippen molar-refractivity contribution in [2.45, 2.75) is 12.5 Å². The van der Waals surface area contributed by atoms with E-state index in [1.165, 1.54) is 10.9 Å². The molecule has 2 heterocycles. The van der Waals surface area contributed by atoms with Crippen molar-refractivity contribution in [2.75, 3.05) is 26.7 Å². The van der Waals surface area contributed by atoms with Crippen molar-refractivity contribution in [3.8, 4) is 0 Å². The van der Waals surface area contributed by atoms with E-state index in [4.69, 9.17) is 0 Å². The molecule has 0 bridgehead atoms. The molecule has 2 aromatic rings. The van der Waals surface area contributed by atoms with Gasteiger partial charge in [-0.3, -0.25) is 0 Å². The highest BCUT2D eigenvalue weighted by molar-refractivity contribution is 9.10. The molecule has 3 rings (SSSR count). The number of halogens is 1. The second kappa shape index (κ2) is 5.57. The number of fused-ring (bicyclic) bond motifs is 1. The van der Waals surface area contributed by atoms with Crippen LogP contribution in [0.2, 0.25) is 0 Å². The fraction of sp³-hybridized carbons (Fsp3) is 0.400. The lowest BCUT2D eigenvalue weighted by Crippen LogP contribution is -2.49. The molecule has 4 heteroatoms. The molecule has 0 spiro atoms. The zero-order valence-electron chi connectivity index (χ0n) is 11.1. The number of benzene rings is 1. The molecule has 0 amide bonds. The molecular weight excluding hydrogens is 302 g/mol. The van der Waals surface area contributed by atoms with E-state index in [1.54, 1.807) is 0 Å². The number of nitrogens with zero attached hydrogens (tertiary/aromatic N) is 2. The molecule has 1 N–H and O–H groups in total. The fourth-order valence-electron chi connectivity index (χ4n) is 2.67. The van der Waals surface area contributed by atoms with Crippen molar-refractivity contribution in [3.05, 3.63) is 40.5 Å². The van der Waals surface area contributed by atoms with Gasteiger partial charge in [0, 0.05) is 31.1 Å². The molecule has 1 aliphatic rings. The first kappa shape index (κ1) is 13.0. The van der Waals surface area contributed by atoms with Crippen molar-refractivity contribution in [1.82, 2.24) is 15.2 Å². The van der Waals surface area contributed by atoms with E-state index in [1.807, 2.05) is 6.07 Å². The lowest BCUT2D eigenvalue weighted by molar-refractivity contribution is 0.238. The molecule has 0 saturated carbocycles. The summed E-state index contributed by atoms with van der Waals surface area (Å²) in [5.41, 5.74) is 2.33. The van der Waals surface area contributed by atoms with Crippen LogP contribution < -0.4 is 5.32 Å². The summed E-state index contributed by atoms with van der Waals surface area (Å²) < 4.78 is 0.973. The van der Waals surface area contributed by atoms with Crippen LogP contribution in [0.1, 0.15) is 5.56 Å². The lowest BCUT2D eigenvalue weighted by Gasteiger charge is -2.31. The van der Waals surface area contributed by atoms with Gasteiger partial charge in [0.1, 0.15) is 4.60 Å². The SMILES string of the molecule is CN1CCNC(Cc2cc3ccccc3nc2Br)C1. The smallest absolute Gasteiger partial charge is 0.110 e. The van der Waals surface area contributed by atoms with Crippen molar-refractivity contribution in [1.29, 1.82) is 0 Å². The maximum atomic E-state index is 4.64. The maximum Gasteiger partial charge on any atom is 0.110 e. The van der Waals surface area contributed by atoms with E-state index in [-0.39, 0.29) is 0 Å². The zero-order chi connectivity index (χ0) is 13.2. The molecule has 1 unspecified atom stereocenters. The topological polar surface area (TPSA) is 28.2 Å². The average Bonchev–Trinajstić information content (AvgIpc) is 2.40. The minimum Gasteiger partial charge on any atom is -0.311 e. The highest BCUT2D eigenvalue weighted by atomic mass is 79.9. The number of hydrogen-bond donors (Lipinski definition) is 1. The highest BCUT2D eigenvalue weighted by Crippen LogP contribution is 2.22. The summed E-state index contributed by atoms with van der Waals surface area (Å²) in [4.78, 5) is 7.01. The fourth-order valence-corrected chi connectivity index (χ4v) is 3.14. The quantitative estimate of drug-likeness (QED) is 0.862. The number of rotatable bonds is 2. The summed E-state index contributed by atoms with van der Waals surface area (Å²) in [7, 11) is 2.18. The van der Waals surface area contributed by atoms with E-state index in [0.717, 1.165) is 36.2 Å². The maximum absolute atomic E-state index is 4.64. The summed E-state index contributed by atoms with van der Waals surface area (Å²) in [5, 5.41) is 4.80. The van der Waals surface area contributed by atoms with E-state index >= 15 is 0 Å². The van der Waals surface area contributed by atoms with E-state index in [2.05, 4.69) is 62.4 Å². The molecule has 1 aromatic carbocycles. The molecule has 0 aliphatic carbocycles. The molecule has 0 radical (unpaired) electrons. The third-order valence-electron chi connectivity index (χ3n) is 3.67. The summed E-state index contributed by atoms with van der Waals surface area (Å²) in [6, 6.07) is 11.0. The van der Waals surface area contributed by atoms with Gasteiger partial charge in [0.15, 0.2) is 0 Å². The van der Waals surface area contributed by atoms with Gasteiger partial charge in [-0.1, -0.05) is 18.2 Å². The van der Waals surface area contributed by atoms with Crippen LogP contribution >= 0.6 is 15.9 Å². The van der Waals surface area contributed by atoms with Crippen molar-refractivity contribution in [2.24, 2.45) is 0 Å². The number of piperazine rings is 1. The Morgan fingerprint density at radius 2 is 2.26 bits per heavy atom. The predicted octanol–water partition coefficient (Wildman–Crippen LogP) is 2.44. The number of hydrogen-bond acceptors (Lipinski definition) is 3. The Labute approximate surface area is 122 Å². The van der Waals surface area contributed by atoms with Gasteiger partial charge in [-0.15, -0.1) is 0 Å². The number of aromatic nitrogens is 1. The van der Waals surface area contributed by atoms with Gasteiger partial charge in [-0.2, -0.15) is 0 Å². The minimum atomic E-state index is 0.512. The van der Waals surface area contributed by atoms with Gasteiger partial charge in [-0.05, 0) is 47.1 Å². The normalized spacial score (nSPS) is 20.8. The number of pyridine rings is 1. The van der Waals surface area contributed by atoms with E-state index in [9.17, 15) is 0 Å². The Balaban J connectivity index is 1.85. The van der Waals surface area contributed by atoms with Crippen molar-refractivity contribution >= 4 is 26.8 Å². The zero-order valence-corrected chi connectivity index (χ0v) is 12.7. The largest absolute Gasteiger partial charge is 0.311 e. The summed E-state index contributed by atoms with van der Waals surface area (Å²) in [6.07, 6.45) is 1.02. The first-order valence-electron chi connectivity index (χ1n) is 6.68. The molecule has 1 aliphatic heterocycles. The van der Waals surface area contributed by atoms with E-state index < -0.39 is 0 Å². The second-order valence-electron chi connectivity index (χ2n) is 5.25. The molecular formula is C15H18BrN3. The Hall–Kier alpha value is -0.970. The first-order chi connectivity index (χ1) is 9.22. The number of para-hydroxylation sites is 1. The third-order valence-corrected chi connectivity index (χ3v) is 4.36. The first-order valence-corrected chi connectivity index (χ1v) is 7.48. The third kappa shape index (κ3) is 2.96. The van der Waals surface area contributed by atoms with Crippen molar-refractivity contribution in [3.63, 3.8) is 0 Å². The molecule has 1 aromatic heterocycles. The van der Waals surface area contributed by atoms with Crippen LogP contribution in [-0.4, -0.2) is 42.6 Å². The molecule has 100 valence electrons. The van der Waals surface area contributed by atoms with E-state index in [0.29, 0.717) is 6.04 Å². The predicted molar refractivity (Wildman–Crippen MR) is 82.4 cm³/mol. The number of likely N-dealkylation sites (N-methyl/N-ethyl adjacent to an activating group) is 1. The molecule has 1 atom stereocenters. The summed E-state index contributed by atoms with van der Waals surface area (Å²) in [6.45, 7) is 3.30. The van der Waals surface area contributed by atoms with Crippen LogP contribution in [0, 0.1) is 0 Å². The summed E-state index contributed by atoms with van der Waals surface area (Å²) in [5.74, 6) is 0. The molecule has 3 nitrogen and oxygen atoms in total. The van der Waals surface area contributed by atoms with Gasteiger partial charge in [0.25, 0.3) is 0 Å². The van der Waals surface area contributed by atoms with Gasteiger partial charge < -0.3 is 10.2 Å².